The molecule has 6 nitrogen and oxygen atoms in total. The monoisotopic (exact) mass is 259 g/mol. The predicted octanol–water partition coefficient (Wildman–Crippen LogP) is 2.98. The van der Waals surface area contributed by atoms with Gasteiger partial charge in [-0.2, -0.15) is 0 Å². The lowest BCUT2D eigenvalue weighted by molar-refractivity contribution is -0.385. The minimum Gasteiger partial charge on any atom is -0.430 e. The summed E-state index contributed by atoms with van der Waals surface area (Å²) in [5.41, 5.74) is 7.75. The Bertz CT molecular complexity index is 641. The van der Waals surface area contributed by atoms with Crippen molar-refractivity contribution in [2.24, 2.45) is 0 Å². The number of ether oxygens (including phenoxy) is 1. The smallest absolute Gasteiger partial charge is 0.311 e. The number of hydrogen-bond donors (Lipinski definition) is 1. The highest BCUT2D eigenvalue weighted by Crippen LogP contribution is 2.34. The number of anilines is 1. The van der Waals surface area contributed by atoms with Gasteiger partial charge in [-0.1, -0.05) is 6.07 Å². The molecule has 2 N–H and O–H groups in total. The Morgan fingerprint density at radius 1 is 1.32 bits per heavy atom. The first-order valence-corrected chi connectivity index (χ1v) is 5.63. The topological polar surface area (TPSA) is 91.3 Å². The summed E-state index contributed by atoms with van der Waals surface area (Å²) in [6.07, 6.45) is 1.54. The Balaban J connectivity index is 2.45. The molecule has 6 heteroatoms. The summed E-state index contributed by atoms with van der Waals surface area (Å²) in [7, 11) is 0. The van der Waals surface area contributed by atoms with Crippen molar-refractivity contribution in [2.45, 2.75) is 13.8 Å². The SMILES string of the molecule is Cc1ccc([N+](=O)[O-])c(Oc2nccc(C)c2N)c1. The van der Waals surface area contributed by atoms with Gasteiger partial charge in [-0.05, 0) is 37.1 Å². The van der Waals surface area contributed by atoms with Gasteiger partial charge in [0.25, 0.3) is 0 Å². The maximum Gasteiger partial charge on any atom is 0.311 e. The standard InChI is InChI=1S/C13H13N3O3/c1-8-3-4-10(16(17)18)11(7-8)19-13-12(14)9(2)5-6-15-13/h3-7H,14H2,1-2H3. The van der Waals surface area contributed by atoms with Crippen LogP contribution in [0.3, 0.4) is 0 Å². The fourth-order valence-electron chi connectivity index (χ4n) is 1.58. The largest absolute Gasteiger partial charge is 0.430 e. The number of nitro groups is 1. The van der Waals surface area contributed by atoms with E-state index >= 15 is 0 Å². The van der Waals surface area contributed by atoms with Crippen LogP contribution < -0.4 is 10.5 Å². The van der Waals surface area contributed by atoms with Crippen LogP contribution in [0.25, 0.3) is 0 Å². The summed E-state index contributed by atoms with van der Waals surface area (Å²) in [5, 5.41) is 10.9. The number of aryl methyl sites for hydroxylation is 2. The number of hydrogen-bond acceptors (Lipinski definition) is 5. The van der Waals surface area contributed by atoms with Crippen molar-refractivity contribution in [1.82, 2.24) is 4.98 Å². The van der Waals surface area contributed by atoms with Crippen molar-refractivity contribution in [2.75, 3.05) is 5.73 Å². The molecular formula is C13H13N3O3. The van der Waals surface area contributed by atoms with E-state index < -0.39 is 4.92 Å². The lowest BCUT2D eigenvalue weighted by Gasteiger charge is -2.09. The van der Waals surface area contributed by atoms with E-state index in [1.54, 1.807) is 24.4 Å². The van der Waals surface area contributed by atoms with Crippen LogP contribution in [0.2, 0.25) is 0 Å². The first-order chi connectivity index (χ1) is 8.99. The van der Waals surface area contributed by atoms with Gasteiger partial charge in [0.05, 0.1) is 10.6 Å². The van der Waals surface area contributed by atoms with Crippen molar-refractivity contribution < 1.29 is 9.66 Å². The van der Waals surface area contributed by atoms with E-state index in [9.17, 15) is 10.1 Å². The van der Waals surface area contributed by atoms with Crippen molar-refractivity contribution in [3.8, 4) is 11.6 Å². The molecule has 19 heavy (non-hydrogen) atoms. The summed E-state index contributed by atoms with van der Waals surface area (Å²) in [6, 6.07) is 6.38. The quantitative estimate of drug-likeness (QED) is 0.675. The Hall–Kier alpha value is -2.63. The second-order valence-corrected chi connectivity index (χ2v) is 4.18. The van der Waals surface area contributed by atoms with Crippen molar-refractivity contribution >= 4 is 11.4 Å². The van der Waals surface area contributed by atoms with Crippen LogP contribution in [0.5, 0.6) is 11.6 Å². The van der Waals surface area contributed by atoms with E-state index in [0.717, 1.165) is 11.1 Å². The lowest BCUT2D eigenvalue weighted by atomic mass is 10.2. The molecule has 98 valence electrons. The number of nitrogens with two attached hydrogens (primary N) is 1. The maximum absolute atomic E-state index is 10.9. The lowest BCUT2D eigenvalue weighted by Crippen LogP contribution is -1.99. The van der Waals surface area contributed by atoms with Crippen LogP contribution in [0.15, 0.2) is 30.5 Å². The average Bonchev–Trinajstić information content (AvgIpc) is 2.35. The Morgan fingerprint density at radius 2 is 2.05 bits per heavy atom. The van der Waals surface area contributed by atoms with E-state index in [2.05, 4.69) is 4.98 Å². The normalized spacial score (nSPS) is 10.2. The van der Waals surface area contributed by atoms with Crippen LogP contribution in [-0.4, -0.2) is 9.91 Å². The van der Waals surface area contributed by atoms with Gasteiger partial charge in [0.2, 0.25) is 11.6 Å². The summed E-state index contributed by atoms with van der Waals surface area (Å²) in [4.78, 5) is 14.4. The number of nitrogen functional groups attached to an aromatic ring is 1. The summed E-state index contributed by atoms with van der Waals surface area (Å²) < 4.78 is 5.49. The molecule has 1 aromatic carbocycles. The maximum atomic E-state index is 10.9. The van der Waals surface area contributed by atoms with Gasteiger partial charge in [0, 0.05) is 12.3 Å². The number of nitro benzene ring substituents is 1. The highest BCUT2D eigenvalue weighted by atomic mass is 16.6. The van der Waals surface area contributed by atoms with Gasteiger partial charge < -0.3 is 10.5 Å². The van der Waals surface area contributed by atoms with E-state index in [1.807, 2.05) is 13.8 Å². The summed E-state index contributed by atoms with van der Waals surface area (Å²) >= 11 is 0. The van der Waals surface area contributed by atoms with Crippen LogP contribution in [-0.2, 0) is 0 Å². The molecule has 2 aromatic rings. The third-order valence-corrected chi connectivity index (χ3v) is 2.69. The molecule has 0 radical (unpaired) electrons. The van der Waals surface area contributed by atoms with Crippen LogP contribution >= 0.6 is 0 Å². The highest BCUT2D eigenvalue weighted by molar-refractivity contribution is 5.57. The van der Waals surface area contributed by atoms with Crippen LogP contribution in [0, 0.1) is 24.0 Å². The zero-order valence-electron chi connectivity index (χ0n) is 10.6. The second kappa shape index (κ2) is 4.93. The first kappa shape index (κ1) is 12.8. The molecule has 0 aliphatic rings. The molecule has 0 bridgehead atoms. The highest BCUT2D eigenvalue weighted by Gasteiger charge is 2.17. The number of aromatic nitrogens is 1. The molecule has 0 unspecified atom stereocenters. The molecule has 0 aliphatic heterocycles. The molecular weight excluding hydrogens is 246 g/mol. The van der Waals surface area contributed by atoms with Crippen molar-refractivity contribution in [3.63, 3.8) is 0 Å². The molecule has 0 amide bonds. The van der Waals surface area contributed by atoms with Gasteiger partial charge >= 0.3 is 5.69 Å². The molecule has 0 atom stereocenters. The Labute approximate surface area is 110 Å². The zero-order valence-corrected chi connectivity index (χ0v) is 10.6. The third kappa shape index (κ3) is 2.62. The van der Waals surface area contributed by atoms with Gasteiger partial charge in [-0.3, -0.25) is 10.1 Å². The van der Waals surface area contributed by atoms with Crippen LogP contribution in [0.4, 0.5) is 11.4 Å². The number of benzene rings is 1. The second-order valence-electron chi connectivity index (χ2n) is 4.18. The molecule has 1 aromatic heterocycles. The van der Waals surface area contributed by atoms with Gasteiger partial charge in [0.1, 0.15) is 0 Å². The molecule has 0 saturated carbocycles. The molecule has 1 heterocycles. The van der Waals surface area contributed by atoms with Gasteiger partial charge in [-0.25, -0.2) is 4.98 Å². The number of nitrogens with zero attached hydrogens (tertiary/aromatic N) is 2. The van der Waals surface area contributed by atoms with E-state index in [4.69, 9.17) is 10.5 Å². The third-order valence-electron chi connectivity index (χ3n) is 2.69. The summed E-state index contributed by atoms with van der Waals surface area (Å²) in [6.45, 7) is 3.64. The van der Waals surface area contributed by atoms with E-state index in [1.165, 1.54) is 6.07 Å². The van der Waals surface area contributed by atoms with Gasteiger partial charge in [0.15, 0.2) is 0 Å². The fourth-order valence-corrected chi connectivity index (χ4v) is 1.58. The van der Waals surface area contributed by atoms with E-state index in [-0.39, 0.29) is 17.3 Å². The first-order valence-electron chi connectivity index (χ1n) is 5.63. The van der Waals surface area contributed by atoms with Crippen molar-refractivity contribution in [3.05, 3.63) is 51.7 Å². The molecule has 0 saturated heterocycles. The Kier molecular flexibility index (Phi) is 3.33. The molecule has 2 rings (SSSR count). The molecule has 0 spiro atoms. The average molecular weight is 259 g/mol. The fraction of sp³-hybridized carbons (Fsp3) is 0.154. The molecule has 0 aliphatic carbocycles. The van der Waals surface area contributed by atoms with Crippen LogP contribution in [0.1, 0.15) is 11.1 Å². The summed E-state index contributed by atoms with van der Waals surface area (Å²) in [5.74, 6) is 0.309. The number of rotatable bonds is 3. The van der Waals surface area contributed by atoms with Crippen molar-refractivity contribution in [1.29, 1.82) is 0 Å². The van der Waals surface area contributed by atoms with Gasteiger partial charge in [-0.15, -0.1) is 0 Å². The predicted molar refractivity (Wildman–Crippen MR) is 71.3 cm³/mol. The minimum absolute atomic E-state index is 0.117. The van der Waals surface area contributed by atoms with E-state index in [0.29, 0.717) is 5.69 Å². The Morgan fingerprint density at radius 3 is 2.74 bits per heavy atom. The number of pyridine rings is 1. The molecule has 0 fully saturated rings. The zero-order chi connectivity index (χ0) is 14.0. The minimum atomic E-state index is -0.499.